The highest BCUT2D eigenvalue weighted by atomic mass is 16.6. The molecule has 0 unspecified atom stereocenters. The average molecular weight is 271 g/mol. The third-order valence-corrected chi connectivity index (χ3v) is 2.59. The Morgan fingerprint density at radius 1 is 1.25 bits per heavy atom. The van der Waals surface area contributed by atoms with E-state index in [1.54, 1.807) is 31.5 Å². The van der Waals surface area contributed by atoms with Crippen LogP contribution < -0.4 is 10.2 Å². The minimum absolute atomic E-state index is 0.0182. The molecule has 0 aromatic heterocycles. The molecule has 2 aromatic carbocycles. The zero-order chi connectivity index (χ0) is 14.4. The number of ether oxygens (including phenoxy) is 1. The van der Waals surface area contributed by atoms with Crippen molar-refractivity contribution in [1.82, 2.24) is 0 Å². The first-order valence-corrected chi connectivity index (χ1v) is 5.87. The molecule has 0 saturated heterocycles. The molecule has 0 bridgehead atoms. The summed E-state index contributed by atoms with van der Waals surface area (Å²) in [6.45, 7) is 0. The third kappa shape index (κ3) is 3.32. The monoisotopic (exact) mass is 271 g/mol. The van der Waals surface area contributed by atoms with Gasteiger partial charge in [-0.1, -0.05) is 24.3 Å². The standard InChI is InChI=1S/C14H13N3O3/c1-20-12-6-4-5-11(9-12)10-15-16-13-7-2-3-8-14(13)17(18)19/h2-10,16H,1H3/b15-10+. The molecule has 6 heteroatoms. The van der Waals surface area contributed by atoms with E-state index < -0.39 is 4.92 Å². The van der Waals surface area contributed by atoms with Gasteiger partial charge in [-0.05, 0) is 23.8 Å². The minimum atomic E-state index is -0.455. The number of hydrogen-bond acceptors (Lipinski definition) is 5. The fourth-order valence-corrected chi connectivity index (χ4v) is 1.63. The second-order valence-corrected chi connectivity index (χ2v) is 3.92. The van der Waals surface area contributed by atoms with Gasteiger partial charge in [0, 0.05) is 6.07 Å². The molecule has 0 spiro atoms. The van der Waals surface area contributed by atoms with Gasteiger partial charge in [-0.15, -0.1) is 0 Å². The van der Waals surface area contributed by atoms with E-state index in [1.807, 2.05) is 24.3 Å². The highest BCUT2D eigenvalue weighted by Gasteiger charge is 2.10. The number of hydrogen-bond donors (Lipinski definition) is 1. The van der Waals surface area contributed by atoms with Crippen LogP contribution in [-0.2, 0) is 0 Å². The van der Waals surface area contributed by atoms with E-state index in [2.05, 4.69) is 10.5 Å². The minimum Gasteiger partial charge on any atom is -0.497 e. The van der Waals surface area contributed by atoms with Crippen LogP contribution in [0.3, 0.4) is 0 Å². The molecule has 1 N–H and O–H groups in total. The molecule has 0 aliphatic heterocycles. The quantitative estimate of drug-likeness (QED) is 0.515. The lowest BCUT2D eigenvalue weighted by Crippen LogP contribution is -1.96. The number of anilines is 1. The highest BCUT2D eigenvalue weighted by Crippen LogP contribution is 2.22. The van der Waals surface area contributed by atoms with E-state index in [0.717, 1.165) is 11.3 Å². The van der Waals surface area contributed by atoms with Crippen molar-refractivity contribution in [3.63, 3.8) is 0 Å². The van der Waals surface area contributed by atoms with Crippen LogP contribution in [0.1, 0.15) is 5.56 Å². The molecule has 0 saturated carbocycles. The lowest BCUT2D eigenvalue weighted by Gasteiger charge is -2.02. The average Bonchev–Trinajstić information content (AvgIpc) is 2.48. The summed E-state index contributed by atoms with van der Waals surface area (Å²) >= 11 is 0. The van der Waals surface area contributed by atoms with E-state index in [0.29, 0.717) is 5.69 Å². The van der Waals surface area contributed by atoms with Gasteiger partial charge >= 0.3 is 0 Å². The summed E-state index contributed by atoms with van der Waals surface area (Å²) in [6.07, 6.45) is 1.57. The van der Waals surface area contributed by atoms with Crippen molar-refractivity contribution >= 4 is 17.6 Å². The number of hydrazone groups is 1. The van der Waals surface area contributed by atoms with Crippen LogP contribution in [0.5, 0.6) is 5.75 Å². The molecule has 0 heterocycles. The zero-order valence-electron chi connectivity index (χ0n) is 10.8. The van der Waals surface area contributed by atoms with Gasteiger partial charge in [0.1, 0.15) is 11.4 Å². The second-order valence-electron chi connectivity index (χ2n) is 3.92. The van der Waals surface area contributed by atoms with Gasteiger partial charge < -0.3 is 4.74 Å². The fourth-order valence-electron chi connectivity index (χ4n) is 1.63. The molecule has 0 amide bonds. The lowest BCUT2D eigenvalue weighted by molar-refractivity contribution is -0.384. The van der Waals surface area contributed by atoms with Crippen LogP contribution in [0.2, 0.25) is 0 Å². The van der Waals surface area contributed by atoms with Gasteiger partial charge in [-0.2, -0.15) is 5.10 Å². The van der Waals surface area contributed by atoms with Gasteiger partial charge in [0.2, 0.25) is 0 Å². The van der Waals surface area contributed by atoms with E-state index in [4.69, 9.17) is 4.74 Å². The lowest BCUT2D eigenvalue weighted by atomic mass is 10.2. The first-order valence-electron chi connectivity index (χ1n) is 5.87. The highest BCUT2D eigenvalue weighted by molar-refractivity contribution is 5.81. The van der Waals surface area contributed by atoms with Crippen molar-refractivity contribution < 1.29 is 9.66 Å². The summed E-state index contributed by atoms with van der Waals surface area (Å²) in [5.74, 6) is 0.722. The van der Waals surface area contributed by atoms with Crippen molar-refractivity contribution in [2.45, 2.75) is 0 Å². The van der Waals surface area contributed by atoms with Crippen LogP contribution in [-0.4, -0.2) is 18.2 Å². The maximum Gasteiger partial charge on any atom is 0.294 e. The van der Waals surface area contributed by atoms with Crippen LogP contribution in [0, 0.1) is 10.1 Å². The molecule has 20 heavy (non-hydrogen) atoms. The molecule has 0 atom stereocenters. The summed E-state index contributed by atoms with van der Waals surface area (Å²) in [5.41, 5.74) is 3.82. The molecule has 6 nitrogen and oxygen atoms in total. The van der Waals surface area contributed by atoms with Gasteiger partial charge in [0.05, 0.1) is 18.2 Å². The molecule has 102 valence electrons. The summed E-state index contributed by atoms with van der Waals surface area (Å²) in [6, 6.07) is 13.7. The normalized spacial score (nSPS) is 10.4. The van der Waals surface area contributed by atoms with Crippen molar-refractivity contribution in [2.24, 2.45) is 5.10 Å². The van der Waals surface area contributed by atoms with Crippen molar-refractivity contribution in [3.8, 4) is 5.75 Å². The number of nitrogens with zero attached hydrogens (tertiary/aromatic N) is 2. The van der Waals surface area contributed by atoms with Gasteiger partial charge in [-0.25, -0.2) is 0 Å². The van der Waals surface area contributed by atoms with Crippen LogP contribution in [0.4, 0.5) is 11.4 Å². The maximum absolute atomic E-state index is 10.8. The molecular weight excluding hydrogens is 258 g/mol. The Morgan fingerprint density at radius 2 is 2.05 bits per heavy atom. The number of benzene rings is 2. The van der Waals surface area contributed by atoms with Crippen molar-refractivity contribution in [3.05, 3.63) is 64.2 Å². The van der Waals surface area contributed by atoms with Gasteiger partial charge in [-0.3, -0.25) is 15.5 Å². The Kier molecular flexibility index (Phi) is 4.28. The molecule has 0 aliphatic rings. The molecule has 2 aromatic rings. The Labute approximate surface area is 115 Å². The number of nitrogens with one attached hydrogen (secondary N) is 1. The molecule has 0 fully saturated rings. The fraction of sp³-hybridized carbons (Fsp3) is 0.0714. The van der Waals surface area contributed by atoms with E-state index in [1.165, 1.54) is 6.07 Å². The smallest absolute Gasteiger partial charge is 0.294 e. The predicted octanol–water partition coefficient (Wildman–Crippen LogP) is 3.05. The number of para-hydroxylation sites is 2. The molecule has 2 rings (SSSR count). The van der Waals surface area contributed by atoms with Gasteiger partial charge in [0.25, 0.3) is 5.69 Å². The van der Waals surface area contributed by atoms with Crippen molar-refractivity contribution in [2.75, 3.05) is 12.5 Å². The first kappa shape index (κ1) is 13.5. The largest absolute Gasteiger partial charge is 0.497 e. The number of nitro benzene ring substituents is 1. The van der Waals surface area contributed by atoms with E-state index in [9.17, 15) is 10.1 Å². The number of methoxy groups -OCH3 is 1. The zero-order valence-corrected chi connectivity index (χ0v) is 10.8. The summed E-state index contributed by atoms with van der Waals surface area (Å²) in [7, 11) is 1.59. The Bertz CT molecular complexity index is 641. The third-order valence-electron chi connectivity index (χ3n) is 2.59. The number of nitro groups is 1. The first-order chi connectivity index (χ1) is 9.70. The molecular formula is C14H13N3O3. The Balaban J connectivity index is 2.12. The summed E-state index contributed by atoms with van der Waals surface area (Å²) in [4.78, 5) is 10.4. The topological polar surface area (TPSA) is 76.8 Å². The maximum atomic E-state index is 10.8. The summed E-state index contributed by atoms with van der Waals surface area (Å²) < 4.78 is 5.10. The SMILES string of the molecule is COc1cccc(/C=N/Nc2ccccc2[N+](=O)[O-])c1. The molecule has 0 aliphatic carbocycles. The van der Waals surface area contributed by atoms with Crippen LogP contribution >= 0.6 is 0 Å². The van der Waals surface area contributed by atoms with E-state index >= 15 is 0 Å². The molecule has 0 radical (unpaired) electrons. The Hall–Kier alpha value is -2.89. The van der Waals surface area contributed by atoms with Crippen LogP contribution in [0.15, 0.2) is 53.6 Å². The van der Waals surface area contributed by atoms with Crippen molar-refractivity contribution in [1.29, 1.82) is 0 Å². The van der Waals surface area contributed by atoms with Gasteiger partial charge in [0.15, 0.2) is 0 Å². The van der Waals surface area contributed by atoms with Crippen LogP contribution in [0.25, 0.3) is 0 Å². The second kappa shape index (κ2) is 6.33. The number of rotatable bonds is 5. The predicted molar refractivity (Wildman–Crippen MR) is 77.3 cm³/mol. The summed E-state index contributed by atoms with van der Waals surface area (Å²) in [5, 5.41) is 14.8. The Morgan fingerprint density at radius 3 is 2.80 bits per heavy atom. The van der Waals surface area contributed by atoms with E-state index in [-0.39, 0.29) is 5.69 Å².